The predicted molar refractivity (Wildman–Crippen MR) is 122 cm³/mol. The maximum Gasteiger partial charge on any atom is 0.310 e. The van der Waals surface area contributed by atoms with E-state index in [-0.39, 0.29) is 24.2 Å². The molecule has 0 N–H and O–H groups in total. The van der Waals surface area contributed by atoms with Crippen molar-refractivity contribution in [2.45, 2.75) is 71.7 Å². The highest BCUT2D eigenvalue weighted by atomic mass is 16.6. The number of esters is 2. The molecule has 0 bridgehead atoms. The molecular formula is C27H32O7. The number of hydrogen-bond donors (Lipinski definition) is 0. The van der Waals surface area contributed by atoms with E-state index in [0.29, 0.717) is 6.42 Å². The Morgan fingerprint density at radius 1 is 1.18 bits per heavy atom. The Morgan fingerprint density at radius 2 is 1.91 bits per heavy atom. The van der Waals surface area contributed by atoms with E-state index in [1.165, 1.54) is 14.0 Å². The van der Waals surface area contributed by atoms with Crippen molar-refractivity contribution in [3.63, 3.8) is 0 Å². The van der Waals surface area contributed by atoms with Gasteiger partial charge in [0.15, 0.2) is 0 Å². The third-order valence-corrected chi connectivity index (χ3v) is 9.06. The molecule has 4 aliphatic rings. The standard InChI is InChI=1S/C27H32O7/c1-13-7-8-19(29)26(4)20(13)22(33-15(3)28)24-27(5,23(26)25(30)31-6)21-14(2)17(11-18(21)34-24)16-9-10-32-12-16/h7,9-10,12,17-18,20,22-24H,8,11H2,1-6H3/t17-,18+,20-,22-,23-,24-,26-,27+/m1/s1. The van der Waals surface area contributed by atoms with Crippen LogP contribution >= 0.6 is 0 Å². The molecule has 3 aliphatic carbocycles. The van der Waals surface area contributed by atoms with Crippen LogP contribution in [0.1, 0.15) is 58.9 Å². The van der Waals surface area contributed by atoms with E-state index in [0.717, 1.165) is 22.3 Å². The van der Waals surface area contributed by atoms with Crippen molar-refractivity contribution in [2.24, 2.45) is 22.7 Å². The molecule has 8 atom stereocenters. The van der Waals surface area contributed by atoms with E-state index in [4.69, 9.17) is 18.6 Å². The fraction of sp³-hybridized carbons (Fsp3) is 0.593. The van der Waals surface area contributed by atoms with Crippen molar-refractivity contribution in [3.05, 3.63) is 47.0 Å². The van der Waals surface area contributed by atoms with Crippen molar-refractivity contribution in [1.29, 1.82) is 0 Å². The van der Waals surface area contributed by atoms with Crippen molar-refractivity contribution in [2.75, 3.05) is 7.11 Å². The lowest BCUT2D eigenvalue weighted by atomic mass is 9.44. The molecular weight excluding hydrogens is 436 g/mol. The van der Waals surface area contributed by atoms with E-state index < -0.39 is 46.8 Å². The number of ether oxygens (including phenoxy) is 3. The summed E-state index contributed by atoms with van der Waals surface area (Å²) in [6.45, 7) is 9.23. The van der Waals surface area contributed by atoms with Gasteiger partial charge in [-0.3, -0.25) is 14.4 Å². The van der Waals surface area contributed by atoms with Crippen LogP contribution in [-0.4, -0.2) is 43.1 Å². The van der Waals surface area contributed by atoms with Crippen LogP contribution in [0.3, 0.4) is 0 Å². The lowest BCUT2D eigenvalue weighted by Crippen LogP contribution is -2.67. The Hall–Kier alpha value is -2.67. The first-order valence-electron chi connectivity index (χ1n) is 11.9. The summed E-state index contributed by atoms with van der Waals surface area (Å²) in [6.07, 6.45) is 4.72. The minimum Gasteiger partial charge on any atom is -0.472 e. The van der Waals surface area contributed by atoms with E-state index in [2.05, 4.69) is 6.92 Å². The van der Waals surface area contributed by atoms with Crippen molar-refractivity contribution < 1.29 is 33.0 Å². The Balaban J connectivity index is 1.75. The lowest BCUT2D eigenvalue weighted by molar-refractivity contribution is -0.209. The molecule has 2 fully saturated rings. The molecule has 0 amide bonds. The smallest absolute Gasteiger partial charge is 0.310 e. The van der Waals surface area contributed by atoms with Crippen molar-refractivity contribution >= 4 is 17.7 Å². The van der Waals surface area contributed by atoms with Gasteiger partial charge in [0.2, 0.25) is 0 Å². The molecule has 1 aromatic rings. The Bertz CT molecular complexity index is 1110. The number of hydrogen-bond acceptors (Lipinski definition) is 7. The van der Waals surface area contributed by atoms with Crippen LogP contribution in [0, 0.1) is 22.7 Å². The molecule has 0 spiro atoms. The van der Waals surface area contributed by atoms with Gasteiger partial charge in [-0.05, 0) is 37.5 Å². The predicted octanol–water partition coefficient (Wildman–Crippen LogP) is 4.13. The summed E-state index contributed by atoms with van der Waals surface area (Å²) >= 11 is 0. The second kappa shape index (κ2) is 7.67. The quantitative estimate of drug-likeness (QED) is 0.486. The van der Waals surface area contributed by atoms with Gasteiger partial charge in [0.05, 0.1) is 37.1 Å². The number of ketones is 1. The summed E-state index contributed by atoms with van der Waals surface area (Å²) in [5.41, 5.74) is 2.16. The Labute approximate surface area is 199 Å². The highest BCUT2D eigenvalue weighted by Gasteiger charge is 2.74. The van der Waals surface area contributed by atoms with E-state index in [9.17, 15) is 14.4 Å². The minimum absolute atomic E-state index is 0.0404. The number of methoxy groups -OCH3 is 1. The van der Waals surface area contributed by atoms with Gasteiger partial charge < -0.3 is 18.6 Å². The molecule has 7 heteroatoms. The van der Waals surface area contributed by atoms with Gasteiger partial charge in [0.1, 0.15) is 18.0 Å². The molecule has 1 saturated heterocycles. The lowest BCUT2D eigenvalue weighted by Gasteiger charge is -2.58. The van der Waals surface area contributed by atoms with Crippen LogP contribution in [-0.2, 0) is 28.6 Å². The SMILES string of the molecule is COC(=O)[C@H]1[C@]2(C)C3=C(C)[C@H](c4ccoc4)C[C@@H]3O[C@@H]2[C@H](OC(C)=O)[C@H]2C(C)=CCC(=O)[C@@]12C. The average Bonchev–Trinajstić information content (AvgIpc) is 3.47. The van der Waals surface area contributed by atoms with Crippen LogP contribution in [0.25, 0.3) is 0 Å². The largest absolute Gasteiger partial charge is 0.472 e. The van der Waals surface area contributed by atoms with Gasteiger partial charge in [-0.2, -0.15) is 0 Å². The zero-order valence-electron chi connectivity index (χ0n) is 20.5. The zero-order valence-corrected chi connectivity index (χ0v) is 20.5. The maximum atomic E-state index is 13.7. The summed E-state index contributed by atoms with van der Waals surface area (Å²) in [6, 6.07) is 1.95. The van der Waals surface area contributed by atoms with Crippen LogP contribution < -0.4 is 0 Å². The maximum absolute atomic E-state index is 13.7. The third-order valence-electron chi connectivity index (χ3n) is 9.06. The normalized spacial score (nSPS) is 40.9. The summed E-state index contributed by atoms with van der Waals surface area (Å²) < 4.78 is 23.3. The Kier molecular flexibility index (Phi) is 5.21. The number of carbonyl (C=O) groups is 3. The summed E-state index contributed by atoms with van der Waals surface area (Å²) in [7, 11) is 1.37. The summed E-state index contributed by atoms with van der Waals surface area (Å²) in [5, 5.41) is 0. The van der Waals surface area contributed by atoms with E-state index in [1.807, 2.05) is 32.9 Å². The first-order valence-corrected chi connectivity index (χ1v) is 11.9. The highest BCUT2D eigenvalue weighted by Crippen LogP contribution is 2.68. The third kappa shape index (κ3) is 2.82. The number of furan rings is 1. The average molecular weight is 469 g/mol. The zero-order chi connectivity index (χ0) is 24.6. The number of rotatable bonds is 3. The first kappa shape index (κ1) is 23.1. The molecule has 1 saturated carbocycles. The fourth-order valence-electron chi connectivity index (χ4n) is 7.83. The van der Waals surface area contributed by atoms with E-state index >= 15 is 0 Å². The van der Waals surface area contributed by atoms with Crippen LogP contribution in [0.4, 0.5) is 0 Å². The molecule has 2 heterocycles. The Morgan fingerprint density at radius 3 is 2.53 bits per heavy atom. The number of fused-ring (bicyclic) bond motifs is 4. The number of Topliss-reactive ketones (excluding diaryl/α,β-unsaturated/α-hetero) is 1. The number of allylic oxidation sites excluding steroid dienone is 2. The van der Waals surface area contributed by atoms with Gasteiger partial charge in [-0.25, -0.2) is 0 Å². The molecule has 5 rings (SSSR count). The molecule has 182 valence electrons. The summed E-state index contributed by atoms with van der Waals surface area (Å²) in [4.78, 5) is 39.5. The minimum atomic E-state index is -1.10. The molecule has 7 nitrogen and oxygen atoms in total. The van der Waals surface area contributed by atoms with Gasteiger partial charge >= 0.3 is 11.9 Å². The van der Waals surface area contributed by atoms with Crippen LogP contribution in [0.15, 0.2) is 45.8 Å². The monoisotopic (exact) mass is 468 g/mol. The van der Waals surface area contributed by atoms with Crippen molar-refractivity contribution in [3.8, 4) is 0 Å². The molecule has 34 heavy (non-hydrogen) atoms. The van der Waals surface area contributed by atoms with Gasteiger partial charge in [0, 0.05) is 30.6 Å². The first-order chi connectivity index (χ1) is 16.1. The molecule has 0 unspecified atom stereocenters. The molecule has 1 aromatic heterocycles. The van der Waals surface area contributed by atoms with Gasteiger partial charge in [-0.1, -0.05) is 31.1 Å². The van der Waals surface area contributed by atoms with Crippen molar-refractivity contribution in [1.82, 2.24) is 0 Å². The van der Waals surface area contributed by atoms with Crippen LogP contribution in [0.5, 0.6) is 0 Å². The van der Waals surface area contributed by atoms with Crippen LogP contribution in [0.2, 0.25) is 0 Å². The highest BCUT2D eigenvalue weighted by molar-refractivity contribution is 5.94. The molecule has 0 aromatic carbocycles. The second-order valence-electron chi connectivity index (χ2n) is 10.6. The fourth-order valence-corrected chi connectivity index (χ4v) is 7.83. The number of carbonyl (C=O) groups excluding carboxylic acids is 3. The molecule has 1 aliphatic heterocycles. The van der Waals surface area contributed by atoms with Gasteiger partial charge in [-0.15, -0.1) is 0 Å². The second-order valence-corrected chi connectivity index (χ2v) is 10.6. The topological polar surface area (TPSA) is 92.0 Å². The molecule has 0 radical (unpaired) electrons. The van der Waals surface area contributed by atoms with Gasteiger partial charge in [0.25, 0.3) is 0 Å². The van der Waals surface area contributed by atoms with E-state index in [1.54, 1.807) is 12.5 Å². The summed E-state index contributed by atoms with van der Waals surface area (Å²) in [5.74, 6) is -2.05.